The van der Waals surface area contributed by atoms with Crippen molar-refractivity contribution in [2.75, 3.05) is 5.73 Å². The number of allylic oxidation sites excluding steroid dienone is 1. The van der Waals surface area contributed by atoms with Gasteiger partial charge in [-0.3, -0.25) is 0 Å². The maximum atomic E-state index is 6.01. The molecule has 0 amide bonds. The number of aromatic nitrogens is 2. The maximum Gasteiger partial charge on any atom is 0.220 e. The van der Waals surface area contributed by atoms with Crippen molar-refractivity contribution in [2.24, 2.45) is 0 Å². The van der Waals surface area contributed by atoms with E-state index in [1.165, 1.54) is 33.4 Å². The molecular weight excluding hydrogens is 330 g/mol. The van der Waals surface area contributed by atoms with Gasteiger partial charge in [0.05, 0.1) is 5.69 Å². The van der Waals surface area contributed by atoms with E-state index in [2.05, 4.69) is 79.3 Å². The van der Waals surface area contributed by atoms with Gasteiger partial charge in [-0.1, -0.05) is 48.0 Å². The molecule has 27 heavy (non-hydrogen) atoms. The number of benzene rings is 2. The largest absolute Gasteiger partial charge is 0.368 e. The van der Waals surface area contributed by atoms with Crippen molar-refractivity contribution in [1.29, 1.82) is 0 Å². The number of fused-ring (bicyclic) bond motifs is 1. The molecule has 1 heterocycles. The van der Waals surface area contributed by atoms with Gasteiger partial charge in [-0.2, -0.15) is 0 Å². The fourth-order valence-corrected chi connectivity index (χ4v) is 3.80. The normalized spacial score (nSPS) is 12.8. The standard InChI is InChI=1S/C24H25N3/c1-15-11-19-9-7-18(13-20(19)12-15)8-10-21-14-23(27-24(25)26-21)22-6-4-5-16(2)17(22)3/h4-7,9,12-14H,8,10-11H2,1-3H3,(H2,25,26,27). The van der Waals surface area contributed by atoms with Crippen molar-refractivity contribution in [3.63, 3.8) is 0 Å². The van der Waals surface area contributed by atoms with Crippen LogP contribution in [0.1, 0.15) is 40.4 Å². The number of nitrogen functional groups attached to an aromatic ring is 1. The van der Waals surface area contributed by atoms with Crippen LogP contribution in [0.3, 0.4) is 0 Å². The zero-order valence-electron chi connectivity index (χ0n) is 16.2. The minimum Gasteiger partial charge on any atom is -0.368 e. The molecule has 0 spiro atoms. The number of anilines is 1. The Labute approximate surface area is 161 Å². The Hall–Kier alpha value is -2.94. The van der Waals surface area contributed by atoms with Gasteiger partial charge in [0.2, 0.25) is 5.95 Å². The lowest BCUT2D eigenvalue weighted by Crippen LogP contribution is -2.03. The summed E-state index contributed by atoms with van der Waals surface area (Å²) < 4.78 is 0. The average molecular weight is 355 g/mol. The fourth-order valence-electron chi connectivity index (χ4n) is 3.80. The van der Waals surface area contributed by atoms with Crippen LogP contribution in [0.2, 0.25) is 0 Å². The Balaban J connectivity index is 1.58. The lowest BCUT2D eigenvalue weighted by Gasteiger charge is -2.10. The number of rotatable bonds is 4. The molecule has 2 aromatic carbocycles. The summed E-state index contributed by atoms with van der Waals surface area (Å²) >= 11 is 0. The molecule has 136 valence electrons. The van der Waals surface area contributed by atoms with Gasteiger partial charge in [-0.05, 0) is 73.9 Å². The molecule has 0 saturated heterocycles. The second-order valence-corrected chi connectivity index (χ2v) is 7.55. The van der Waals surface area contributed by atoms with Gasteiger partial charge in [0.15, 0.2) is 0 Å². The van der Waals surface area contributed by atoms with Crippen LogP contribution in [0.25, 0.3) is 17.3 Å². The van der Waals surface area contributed by atoms with E-state index in [0.29, 0.717) is 5.95 Å². The molecule has 0 radical (unpaired) electrons. The van der Waals surface area contributed by atoms with E-state index in [-0.39, 0.29) is 0 Å². The molecule has 1 aromatic heterocycles. The lowest BCUT2D eigenvalue weighted by molar-refractivity contribution is 0.905. The Morgan fingerprint density at radius 1 is 0.963 bits per heavy atom. The van der Waals surface area contributed by atoms with Crippen LogP contribution in [0.15, 0.2) is 48.0 Å². The van der Waals surface area contributed by atoms with E-state index in [9.17, 15) is 0 Å². The van der Waals surface area contributed by atoms with E-state index in [1.807, 2.05) is 0 Å². The summed E-state index contributed by atoms with van der Waals surface area (Å²) in [6.45, 7) is 6.44. The molecule has 0 unspecified atom stereocenters. The third-order valence-electron chi connectivity index (χ3n) is 5.43. The summed E-state index contributed by atoms with van der Waals surface area (Å²) in [7, 11) is 0. The van der Waals surface area contributed by atoms with E-state index in [4.69, 9.17) is 5.73 Å². The van der Waals surface area contributed by atoms with Crippen LogP contribution in [-0.4, -0.2) is 9.97 Å². The summed E-state index contributed by atoms with van der Waals surface area (Å²) in [6, 6.07) is 15.2. The molecule has 3 nitrogen and oxygen atoms in total. The second-order valence-electron chi connectivity index (χ2n) is 7.55. The van der Waals surface area contributed by atoms with E-state index in [0.717, 1.165) is 36.2 Å². The third kappa shape index (κ3) is 3.63. The topological polar surface area (TPSA) is 51.8 Å². The minimum absolute atomic E-state index is 0.343. The first-order chi connectivity index (χ1) is 13.0. The molecule has 0 saturated carbocycles. The highest BCUT2D eigenvalue weighted by Crippen LogP contribution is 2.27. The van der Waals surface area contributed by atoms with Gasteiger partial charge in [-0.15, -0.1) is 0 Å². The van der Waals surface area contributed by atoms with Gasteiger partial charge < -0.3 is 5.73 Å². The number of hydrogen-bond acceptors (Lipinski definition) is 3. The highest BCUT2D eigenvalue weighted by Gasteiger charge is 2.11. The van der Waals surface area contributed by atoms with Crippen molar-refractivity contribution in [1.82, 2.24) is 9.97 Å². The average Bonchev–Trinajstić information content (AvgIpc) is 3.01. The first-order valence-corrected chi connectivity index (χ1v) is 9.48. The van der Waals surface area contributed by atoms with Crippen LogP contribution >= 0.6 is 0 Å². The van der Waals surface area contributed by atoms with E-state index >= 15 is 0 Å². The smallest absolute Gasteiger partial charge is 0.220 e. The Morgan fingerprint density at radius 2 is 1.81 bits per heavy atom. The predicted molar refractivity (Wildman–Crippen MR) is 113 cm³/mol. The number of nitrogens with zero attached hydrogens (tertiary/aromatic N) is 2. The Bertz CT molecular complexity index is 1050. The molecule has 4 rings (SSSR count). The molecule has 1 aliphatic rings. The molecule has 0 fully saturated rings. The molecule has 0 aliphatic heterocycles. The first kappa shape index (κ1) is 17.5. The molecule has 3 aromatic rings. The van der Waals surface area contributed by atoms with Crippen LogP contribution in [0, 0.1) is 13.8 Å². The Morgan fingerprint density at radius 3 is 2.67 bits per heavy atom. The van der Waals surface area contributed by atoms with Crippen molar-refractivity contribution in [3.05, 3.63) is 81.5 Å². The highest BCUT2D eigenvalue weighted by molar-refractivity contribution is 5.66. The molecule has 2 N–H and O–H groups in total. The molecule has 3 heteroatoms. The lowest BCUT2D eigenvalue weighted by atomic mass is 9.99. The zero-order valence-corrected chi connectivity index (χ0v) is 16.2. The summed E-state index contributed by atoms with van der Waals surface area (Å²) in [5.74, 6) is 0.343. The zero-order chi connectivity index (χ0) is 19.0. The number of hydrogen-bond donors (Lipinski definition) is 1. The predicted octanol–water partition coefficient (Wildman–Crippen LogP) is 5.09. The van der Waals surface area contributed by atoms with Gasteiger partial charge in [-0.25, -0.2) is 9.97 Å². The Kier molecular flexibility index (Phi) is 4.53. The molecule has 0 bridgehead atoms. The number of nitrogens with two attached hydrogens (primary N) is 1. The molecule has 0 atom stereocenters. The van der Waals surface area contributed by atoms with Crippen molar-refractivity contribution < 1.29 is 0 Å². The van der Waals surface area contributed by atoms with Crippen molar-refractivity contribution in [3.8, 4) is 11.3 Å². The molecular formula is C24H25N3. The molecule has 1 aliphatic carbocycles. The first-order valence-electron chi connectivity index (χ1n) is 9.48. The van der Waals surface area contributed by atoms with Gasteiger partial charge >= 0.3 is 0 Å². The van der Waals surface area contributed by atoms with Crippen LogP contribution in [0.4, 0.5) is 5.95 Å². The van der Waals surface area contributed by atoms with Crippen LogP contribution in [0.5, 0.6) is 0 Å². The number of aryl methyl sites for hydroxylation is 3. The summed E-state index contributed by atoms with van der Waals surface area (Å²) in [5, 5.41) is 0. The monoisotopic (exact) mass is 355 g/mol. The maximum absolute atomic E-state index is 6.01. The minimum atomic E-state index is 0.343. The van der Waals surface area contributed by atoms with Gasteiger partial charge in [0.1, 0.15) is 0 Å². The third-order valence-corrected chi connectivity index (χ3v) is 5.43. The van der Waals surface area contributed by atoms with Gasteiger partial charge in [0, 0.05) is 11.3 Å². The summed E-state index contributed by atoms with van der Waals surface area (Å²) in [6.07, 6.45) is 5.17. The fraction of sp³-hybridized carbons (Fsp3) is 0.250. The summed E-state index contributed by atoms with van der Waals surface area (Å²) in [4.78, 5) is 8.94. The van der Waals surface area contributed by atoms with Crippen molar-refractivity contribution >= 4 is 12.0 Å². The quantitative estimate of drug-likeness (QED) is 0.709. The highest BCUT2D eigenvalue weighted by atomic mass is 15.0. The van der Waals surface area contributed by atoms with Gasteiger partial charge in [0.25, 0.3) is 0 Å². The van der Waals surface area contributed by atoms with Crippen LogP contribution in [-0.2, 0) is 19.3 Å². The van der Waals surface area contributed by atoms with E-state index < -0.39 is 0 Å². The van der Waals surface area contributed by atoms with Crippen LogP contribution < -0.4 is 5.73 Å². The van der Waals surface area contributed by atoms with E-state index in [1.54, 1.807) is 0 Å². The SMILES string of the molecule is CC1=Cc2cc(CCc3cc(-c4cccc(C)c4C)nc(N)n3)ccc2C1. The van der Waals surface area contributed by atoms with Crippen molar-refractivity contribution in [2.45, 2.75) is 40.0 Å². The summed E-state index contributed by atoms with van der Waals surface area (Å²) in [5.41, 5.74) is 17.1. The second kappa shape index (κ2) is 6.99.